The van der Waals surface area contributed by atoms with Crippen molar-refractivity contribution in [2.24, 2.45) is 5.41 Å². The number of aryl methyl sites for hydroxylation is 1. The van der Waals surface area contributed by atoms with E-state index in [1.807, 2.05) is 0 Å². The van der Waals surface area contributed by atoms with E-state index in [4.69, 9.17) is 0 Å². The van der Waals surface area contributed by atoms with Gasteiger partial charge in [0.05, 0.1) is 0 Å². The topological polar surface area (TPSA) is 0 Å². The molecule has 0 aliphatic heterocycles. The largest absolute Gasteiger partial charge is 0.0853 e. The second kappa shape index (κ2) is 12.0. The third-order valence-electron chi connectivity index (χ3n) is 8.00. The van der Waals surface area contributed by atoms with Gasteiger partial charge in [0.2, 0.25) is 0 Å². The number of allylic oxidation sites excluding steroid dienone is 2. The summed E-state index contributed by atoms with van der Waals surface area (Å²) in [6.07, 6.45) is 26.6. The zero-order valence-corrected chi connectivity index (χ0v) is 19.5. The number of hydrogen-bond acceptors (Lipinski definition) is 0. The molecule has 0 aromatic heterocycles. The van der Waals surface area contributed by atoms with Crippen molar-refractivity contribution in [3.05, 3.63) is 47.0 Å². The number of unbranched alkanes of at least 4 members (excludes halogenated alkanes) is 2. The van der Waals surface area contributed by atoms with Gasteiger partial charge in [-0.15, -0.1) is 0 Å². The second-order valence-electron chi connectivity index (χ2n) is 10.2. The normalized spacial score (nSPS) is 20.3. The molecule has 0 bridgehead atoms. The number of benzene rings is 1. The first-order chi connectivity index (χ1) is 14.2. The van der Waals surface area contributed by atoms with Crippen LogP contribution in [0.5, 0.6) is 0 Å². The van der Waals surface area contributed by atoms with Gasteiger partial charge in [-0.25, -0.2) is 0 Å². The number of hydrogen-bond donors (Lipinski definition) is 0. The molecule has 2 aliphatic rings. The molecular formula is C29H46. The van der Waals surface area contributed by atoms with Crippen LogP contribution in [0.2, 0.25) is 0 Å². The fraction of sp³-hybridized carbons (Fsp3) is 0.724. The molecule has 0 N–H and O–H groups in total. The second-order valence-corrected chi connectivity index (χ2v) is 10.2. The predicted octanol–water partition coefficient (Wildman–Crippen LogP) is 9.53. The molecule has 1 saturated carbocycles. The summed E-state index contributed by atoms with van der Waals surface area (Å²) in [5.41, 5.74) is 5.50. The highest BCUT2D eigenvalue weighted by molar-refractivity contribution is 5.27. The summed E-state index contributed by atoms with van der Waals surface area (Å²) in [6.45, 7) is 4.61. The summed E-state index contributed by atoms with van der Waals surface area (Å²) in [7, 11) is 0. The predicted molar refractivity (Wildman–Crippen MR) is 129 cm³/mol. The molecule has 1 aromatic carbocycles. The Hall–Kier alpha value is -1.04. The minimum atomic E-state index is 0.663. The van der Waals surface area contributed by atoms with E-state index in [1.54, 1.807) is 11.1 Å². The molecule has 2 aliphatic carbocycles. The van der Waals surface area contributed by atoms with E-state index in [2.05, 4.69) is 44.2 Å². The Bertz CT molecular complexity index is 599. The average molecular weight is 395 g/mol. The van der Waals surface area contributed by atoms with Crippen molar-refractivity contribution in [2.45, 2.75) is 129 Å². The molecule has 0 nitrogen and oxygen atoms in total. The molecule has 1 atom stereocenters. The van der Waals surface area contributed by atoms with Gasteiger partial charge in [-0.05, 0) is 93.1 Å². The van der Waals surface area contributed by atoms with E-state index in [-0.39, 0.29) is 0 Å². The lowest BCUT2D eigenvalue weighted by Crippen LogP contribution is -2.25. The zero-order valence-electron chi connectivity index (χ0n) is 19.5. The Morgan fingerprint density at radius 2 is 1.66 bits per heavy atom. The van der Waals surface area contributed by atoms with Crippen LogP contribution >= 0.6 is 0 Å². The van der Waals surface area contributed by atoms with Gasteiger partial charge in [0.25, 0.3) is 0 Å². The Morgan fingerprint density at radius 3 is 2.31 bits per heavy atom. The Morgan fingerprint density at radius 1 is 0.862 bits per heavy atom. The standard InChI is InChI=1S/C29H46/c1-3-5-10-20-29(21-11-7-12-22-29)23-19-28(24-26-13-8-6-9-14-26)27-17-15-25(4-2)16-18-27/h13,15-18,28H,3-12,14,19-24H2,1-2H3. The first-order valence-electron chi connectivity index (χ1n) is 13.0. The third-order valence-corrected chi connectivity index (χ3v) is 8.00. The van der Waals surface area contributed by atoms with Crippen LogP contribution in [0.4, 0.5) is 0 Å². The van der Waals surface area contributed by atoms with Gasteiger partial charge in [0.15, 0.2) is 0 Å². The molecule has 29 heavy (non-hydrogen) atoms. The Balaban J connectivity index is 1.70. The van der Waals surface area contributed by atoms with E-state index in [1.165, 1.54) is 108 Å². The molecule has 0 radical (unpaired) electrons. The van der Waals surface area contributed by atoms with Crippen molar-refractivity contribution in [3.8, 4) is 0 Å². The molecule has 0 heteroatoms. The third kappa shape index (κ3) is 7.01. The smallest absolute Gasteiger partial charge is 0.0125 e. The van der Waals surface area contributed by atoms with Gasteiger partial charge >= 0.3 is 0 Å². The summed E-state index contributed by atoms with van der Waals surface area (Å²) in [5, 5.41) is 0. The van der Waals surface area contributed by atoms with Crippen molar-refractivity contribution in [3.63, 3.8) is 0 Å². The molecule has 1 aromatic rings. The maximum atomic E-state index is 2.58. The first kappa shape index (κ1) is 22.6. The summed E-state index contributed by atoms with van der Waals surface area (Å²) in [5.74, 6) is 0.732. The van der Waals surface area contributed by atoms with Crippen molar-refractivity contribution >= 4 is 0 Å². The van der Waals surface area contributed by atoms with Crippen LogP contribution in [-0.2, 0) is 6.42 Å². The lowest BCUT2D eigenvalue weighted by atomic mass is 9.66. The molecule has 1 fully saturated rings. The van der Waals surface area contributed by atoms with Gasteiger partial charge in [0.1, 0.15) is 0 Å². The summed E-state index contributed by atoms with van der Waals surface area (Å²) in [6, 6.07) is 9.68. The fourth-order valence-corrected chi connectivity index (χ4v) is 5.98. The summed E-state index contributed by atoms with van der Waals surface area (Å²) in [4.78, 5) is 0. The van der Waals surface area contributed by atoms with E-state index >= 15 is 0 Å². The van der Waals surface area contributed by atoms with Gasteiger partial charge < -0.3 is 0 Å². The van der Waals surface area contributed by atoms with Crippen LogP contribution in [-0.4, -0.2) is 0 Å². The van der Waals surface area contributed by atoms with Gasteiger partial charge in [-0.1, -0.05) is 88.3 Å². The quantitative estimate of drug-likeness (QED) is 0.259. The van der Waals surface area contributed by atoms with E-state index < -0.39 is 0 Å². The molecular weight excluding hydrogens is 348 g/mol. The molecule has 0 saturated heterocycles. The lowest BCUT2D eigenvalue weighted by molar-refractivity contribution is 0.144. The minimum Gasteiger partial charge on any atom is -0.0853 e. The zero-order chi connectivity index (χ0) is 20.4. The van der Waals surface area contributed by atoms with Crippen molar-refractivity contribution < 1.29 is 0 Å². The molecule has 0 spiro atoms. The first-order valence-corrected chi connectivity index (χ1v) is 13.0. The highest BCUT2D eigenvalue weighted by atomic mass is 14.4. The highest BCUT2D eigenvalue weighted by Crippen LogP contribution is 2.46. The van der Waals surface area contributed by atoms with E-state index in [0.29, 0.717) is 5.41 Å². The summed E-state index contributed by atoms with van der Waals surface area (Å²) >= 11 is 0. The lowest BCUT2D eigenvalue weighted by Gasteiger charge is -2.39. The minimum absolute atomic E-state index is 0.663. The average Bonchev–Trinajstić information content (AvgIpc) is 2.78. The van der Waals surface area contributed by atoms with Gasteiger partial charge in [-0.2, -0.15) is 0 Å². The Labute approximate surface area is 181 Å². The maximum absolute atomic E-state index is 2.58. The maximum Gasteiger partial charge on any atom is -0.0125 e. The van der Waals surface area contributed by atoms with E-state index in [0.717, 1.165) is 12.3 Å². The Kier molecular flexibility index (Phi) is 9.35. The molecule has 1 unspecified atom stereocenters. The van der Waals surface area contributed by atoms with Crippen molar-refractivity contribution in [1.29, 1.82) is 0 Å². The molecule has 0 heterocycles. The van der Waals surface area contributed by atoms with Crippen LogP contribution in [0.15, 0.2) is 35.9 Å². The van der Waals surface area contributed by atoms with Crippen molar-refractivity contribution in [2.75, 3.05) is 0 Å². The van der Waals surface area contributed by atoms with E-state index in [9.17, 15) is 0 Å². The van der Waals surface area contributed by atoms with Crippen LogP contribution in [0, 0.1) is 5.41 Å². The molecule has 162 valence electrons. The highest BCUT2D eigenvalue weighted by Gasteiger charge is 2.32. The van der Waals surface area contributed by atoms with Crippen molar-refractivity contribution in [1.82, 2.24) is 0 Å². The van der Waals surface area contributed by atoms with Crippen LogP contribution in [0.3, 0.4) is 0 Å². The molecule has 3 rings (SSSR count). The van der Waals surface area contributed by atoms with Crippen LogP contribution in [0.25, 0.3) is 0 Å². The van der Waals surface area contributed by atoms with Crippen LogP contribution < -0.4 is 0 Å². The van der Waals surface area contributed by atoms with Gasteiger partial charge in [-0.3, -0.25) is 0 Å². The SMILES string of the molecule is CCCCCC1(CCC(CC2=CCCCC2)c2ccc(CC)cc2)CCCCC1. The van der Waals surface area contributed by atoms with Gasteiger partial charge in [0, 0.05) is 0 Å². The summed E-state index contributed by atoms with van der Waals surface area (Å²) < 4.78 is 0. The fourth-order valence-electron chi connectivity index (χ4n) is 5.98. The molecule has 0 amide bonds. The van der Waals surface area contributed by atoms with Crippen LogP contribution in [0.1, 0.15) is 134 Å². The monoisotopic (exact) mass is 394 g/mol. The number of rotatable bonds is 11.